The summed E-state index contributed by atoms with van der Waals surface area (Å²) in [5, 5.41) is 3.81. The van der Waals surface area contributed by atoms with E-state index in [0.29, 0.717) is 24.8 Å². The Balaban J connectivity index is 2.99. The minimum Gasteiger partial charge on any atom is -0.382 e. The number of nitrogens with one attached hydrogen (secondary N) is 1. The Morgan fingerprint density at radius 2 is 2.07 bits per heavy atom. The van der Waals surface area contributed by atoms with Crippen molar-refractivity contribution in [3.05, 3.63) is 10.6 Å². The zero-order chi connectivity index (χ0) is 11.4. The van der Waals surface area contributed by atoms with Crippen LogP contribution in [0.4, 0.5) is 0 Å². The molecule has 0 amide bonds. The van der Waals surface area contributed by atoms with Crippen LogP contribution in [0.2, 0.25) is 0 Å². The van der Waals surface area contributed by atoms with Gasteiger partial charge in [0.25, 0.3) is 0 Å². The van der Waals surface area contributed by atoms with Crippen LogP contribution in [-0.2, 0) is 9.47 Å². The van der Waals surface area contributed by atoms with Crippen LogP contribution in [0.15, 0.2) is 10.6 Å². The third-order valence-corrected chi connectivity index (χ3v) is 2.35. The van der Waals surface area contributed by atoms with Gasteiger partial charge in [0.05, 0.1) is 13.2 Å². The fraction of sp³-hybridized carbons (Fsp3) is 0.800. The van der Waals surface area contributed by atoms with E-state index >= 15 is 0 Å². The Morgan fingerprint density at radius 1 is 1.27 bits per heavy atom. The summed E-state index contributed by atoms with van der Waals surface area (Å²) in [4.78, 5) is 0. The molecule has 0 aromatic rings. The number of halogens is 2. The van der Waals surface area contributed by atoms with E-state index in [1.807, 2.05) is 0 Å². The molecule has 0 radical (unpaired) electrons. The van der Waals surface area contributed by atoms with Gasteiger partial charge in [-0.1, -0.05) is 23.2 Å². The first-order chi connectivity index (χ1) is 7.31. The quantitative estimate of drug-likeness (QED) is 0.608. The summed E-state index contributed by atoms with van der Waals surface area (Å²) >= 11 is 11.1. The predicted molar refractivity (Wildman–Crippen MR) is 64.6 cm³/mol. The molecule has 0 aliphatic carbocycles. The summed E-state index contributed by atoms with van der Waals surface area (Å²) in [5.41, 5.74) is 1.38. The van der Waals surface area contributed by atoms with E-state index in [2.05, 4.69) is 5.32 Å². The first-order valence-electron chi connectivity index (χ1n) is 5.03. The molecule has 0 rings (SSSR count). The maximum Gasteiger partial charge on any atom is 0.0700 e. The standard InChI is InChI=1S/C10H19Cl2NO2/c1-14-6-7-15-5-3-2-4-13-9-10(12)8-11/h8,13H,2-7,9H2,1H3. The summed E-state index contributed by atoms with van der Waals surface area (Å²) in [6.45, 7) is 3.67. The molecule has 0 saturated carbocycles. The monoisotopic (exact) mass is 255 g/mol. The van der Waals surface area contributed by atoms with Crippen LogP contribution in [0.5, 0.6) is 0 Å². The second-order valence-corrected chi connectivity index (χ2v) is 3.75. The third-order valence-electron chi connectivity index (χ3n) is 1.74. The number of ether oxygens (including phenoxy) is 2. The second-order valence-electron chi connectivity index (χ2n) is 3.05. The van der Waals surface area contributed by atoms with Gasteiger partial charge in [-0.25, -0.2) is 0 Å². The predicted octanol–water partition coefficient (Wildman–Crippen LogP) is 2.34. The van der Waals surface area contributed by atoms with E-state index in [9.17, 15) is 0 Å². The van der Waals surface area contributed by atoms with Crippen LogP contribution < -0.4 is 5.32 Å². The highest BCUT2D eigenvalue weighted by Gasteiger charge is 1.92. The van der Waals surface area contributed by atoms with Crippen molar-refractivity contribution < 1.29 is 9.47 Å². The fourth-order valence-corrected chi connectivity index (χ4v) is 1.12. The number of rotatable bonds is 10. The second kappa shape index (κ2) is 12.3. The number of hydrogen-bond donors (Lipinski definition) is 1. The van der Waals surface area contributed by atoms with Gasteiger partial charge in [-0.15, -0.1) is 0 Å². The number of methoxy groups -OCH3 is 1. The highest BCUT2D eigenvalue weighted by atomic mass is 35.5. The zero-order valence-corrected chi connectivity index (χ0v) is 10.6. The van der Waals surface area contributed by atoms with E-state index in [1.165, 1.54) is 5.54 Å². The summed E-state index contributed by atoms with van der Waals surface area (Å²) in [6, 6.07) is 0. The van der Waals surface area contributed by atoms with Gasteiger partial charge in [0.15, 0.2) is 0 Å². The Morgan fingerprint density at radius 3 is 2.73 bits per heavy atom. The molecule has 0 aromatic heterocycles. The van der Waals surface area contributed by atoms with Crippen molar-refractivity contribution in [3.8, 4) is 0 Å². The normalized spacial score (nSPS) is 12.1. The lowest BCUT2D eigenvalue weighted by Gasteiger charge is -2.04. The summed E-state index contributed by atoms with van der Waals surface area (Å²) in [6.07, 6.45) is 2.11. The molecule has 0 aliphatic rings. The average molecular weight is 256 g/mol. The van der Waals surface area contributed by atoms with Crippen LogP contribution >= 0.6 is 23.2 Å². The minimum absolute atomic E-state index is 0.632. The van der Waals surface area contributed by atoms with Crippen LogP contribution in [0.3, 0.4) is 0 Å². The highest BCUT2D eigenvalue weighted by molar-refractivity contribution is 6.36. The average Bonchev–Trinajstić information content (AvgIpc) is 2.26. The van der Waals surface area contributed by atoms with E-state index < -0.39 is 0 Å². The van der Waals surface area contributed by atoms with Gasteiger partial charge >= 0.3 is 0 Å². The van der Waals surface area contributed by atoms with E-state index in [-0.39, 0.29) is 0 Å². The third kappa shape index (κ3) is 12.1. The van der Waals surface area contributed by atoms with Gasteiger partial charge in [-0.05, 0) is 19.4 Å². The molecule has 1 N–H and O–H groups in total. The fourth-order valence-electron chi connectivity index (χ4n) is 0.945. The molecule has 0 heterocycles. The first kappa shape index (κ1) is 15.2. The maximum atomic E-state index is 5.69. The molecule has 15 heavy (non-hydrogen) atoms. The largest absolute Gasteiger partial charge is 0.382 e. The Labute approximate surface area is 102 Å². The van der Waals surface area contributed by atoms with E-state index in [1.54, 1.807) is 7.11 Å². The van der Waals surface area contributed by atoms with Gasteiger partial charge in [-0.2, -0.15) is 0 Å². The Bertz CT molecular complexity index is 166. The van der Waals surface area contributed by atoms with Crippen LogP contribution in [0, 0.1) is 0 Å². The lowest BCUT2D eigenvalue weighted by molar-refractivity contribution is 0.0688. The van der Waals surface area contributed by atoms with Crippen LogP contribution in [0.25, 0.3) is 0 Å². The molecule has 5 heteroatoms. The van der Waals surface area contributed by atoms with Crippen LogP contribution in [0.1, 0.15) is 12.8 Å². The molecule has 0 unspecified atom stereocenters. The first-order valence-corrected chi connectivity index (χ1v) is 5.85. The smallest absolute Gasteiger partial charge is 0.0700 e. The molecule has 90 valence electrons. The number of unbranched alkanes of at least 4 members (excludes halogenated alkanes) is 1. The van der Waals surface area contributed by atoms with Gasteiger partial charge in [0.2, 0.25) is 0 Å². The molecule has 0 spiro atoms. The molecule has 0 atom stereocenters. The molecular formula is C10H19Cl2NO2. The zero-order valence-electron chi connectivity index (χ0n) is 9.10. The molecule has 3 nitrogen and oxygen atoms in total. The van der Waals surface area contributed by atoms with Gasteiger partial charge in [0.1, 0.15) is 0 Å². The summed E-state index contributed by atoms with van der Waals surface area (Å²) < 4.78 is 10.2. The molecule has 0 aromatic carbocycles. The minimum atomic E-state index is 0.632. The van der Waals surface area contributed by atoms with Crippen molar-refractivity contribution in [3.63, 3.8) is 0 Å². The van der Waals surface area contributed by atoms with Crippen molar-refractivity contribution in [2.75, 3.05) is 40.0 Å². The van der Waals surface area contributed by atoms with Gasteiger partial charge in [-0.3, -0.25) is 0 Å². The summed E-state index contributed by atoms with van der Waals surface area (Å²) in [7, 11) is 1.67. The topological polar surface area (TPSA) is 30.5 Å². The Kier molecular flexibility index (Phi) is 12.4. The highest BCUT2D eigenvalue weighted by Crippen LogP contribution is 2.00. The van der Waals surface area contributed by atoms with Crippen molar-refractivity contribution in [1.29, 1.82) is 0 Å². The lowest BCUT2D eigenvalue weighted by atomic mass is 10.3. The molecule has 0 fully saturated rings. The van der Waals surface area contributed by atoms with Crippen molar-refractivity contribution in [1.82, 2.24) is 5.32 Å². The maximum absolute atomic E-state index is 5.69. The lowest BCUT2D eigenvalue weighted by Crippen LogP contribution is -2.17. The number of hydrogen-bond acceptors (Lipinski definition) is 3. The molecule has 0 saturated heterocycles. The van der Waals surface area contributed by atoms with Crippen molar-refractivity contribution in [2.45, 2.75) is 12.8 Å². The van der Waals surface area contributed by atoms with Crippen LogP contribution in [-0.4, -0.2) is 40.0 Å². The Hall–Kier alpha value is 0.200. The molecular weight excluding hydrogens is 237 g/mol. The van der Waals surface area contributed by atoms with Crippen molar-refractivity contribution in [2.24, 2.45) is 0 Å². The van der Waals surface area contributed by atoms with Gasteiger partial charge < -0.3 is 14.8 Å². The van der Waals surface area contributed by atoms with E-state index in [0.717, 1.165) is 26.0 Å². The van der Waals surface area contributed by atoms with Crippen molar-refractivity contribution >= 4 is 23.2 Å². The van der Waals surface area contributed by atoms with Gasteiger partial charge in [0, 0.05) is 30.8 Å². The van der Waals surface area contributed by atoms with E-state index in [4.69, 9.17) is 32.7 Å². The molecule has 0 aliphatic heterocycles. The SMILES string of the molecule is COCCOCCCCNCC(Cl)=CCl. The molecule has 0 bridgehead atoms. The summed E-state index contributed by atoms with van der Waals surface area (Å²) in [5.74, 6) is 0.